The summed E-state index contributed by atoms with van der Waals surface area (Å²) in [6.07, 6.45) is 77.7. The first-order valence-corrected chi connectivity index (χ1v) is 32.3. The third-order valence-electron chi connectivity index (χ3n) is 14.9. The number of aliphatic hydroxyl groups excluding tert-OH is 2. The Morgan fingerprint density at radius 3 is 1.08 bits per heavy atom. The number of rotatable bonds is 60. The van der Waals surface area contributed by atoms with Gasteiger partial charge in [0.1, 0.15) is 0 Å². The van der Waals surface area contributed by atoms with Crippen molar-refractivity contribution in [1.29, 1.82) is 0 Å². The molecule has 6 nitrogen and oxygen atoms in total. The fourth-order valence-electron chi connectivity index (χ4n) is 9.96. The van der Waals surface area contributed by atoms with Crippen molar-refractivity contribution in [2.75, 3.05) is 13.2 Å². The molecule has 0 heterocycles. The fraction of sp³-hybridized carbons (Fsp3) is 0.879. The molecule has 0 aromatic carbocycles. The smallest absolute Gasteiger partial charge is 0.305 e. The number of allylic oxidation sites excluding steroid dienone is 5. The molecule has 0 bridgehead atoms. The second-order valence-electron chi connectivity index (χ2n) is 22.1. The lowest BCUT2D eigenvalue weighted by molar-refractivity contribution is -0.143. The van der Waals surface area contributed by atoms with Crippen molar-refractivity contribution in [3.8, 4) is 0 Å². The number of nitrogens with one attached hydrogen (secondary N) is 1. The van der Waals surface area contributed by atoms with Crippen LogP contribution in [0.4, 0.5) is 0 Å². The van der Waals surface area contributed by atoms with E-state index < -0.39 is 12.1 Å². The first-order chi connectivity index (χ1) is 35.5. The molecular formula is C66H125NO5. The molecule has 0 fully saturated rings. The molecule has 3 N–H and O–H groups in total. The Labute approximate surface area is 449 Å². The second-order valence-corrected chi connectivity index (χ2v) is 22.1. The molecule has 72 heavy (non-hydrogen) atoms. The minimum Gasteiger partial charge on any atom is -0.466 e. The highest BCUT2D eigenvalue weighted by molar-refractivity contribution is 5.76. The van der Waals surface area contributed by atoms with E-state index in [1.165, 1.54) is 270 Å². The minimum atomic E-state index is -0.842. The van der Waals surface area contributed by atoms with E-state index in [2.05, 4.69) is 43.5 Å². The summed E-state index contributed by atoms with van der Waals surface area (Å²) in [6, 6.07) is -0.626. The lowest BCUT2D eigenvalue weighted by Crippen LogP contribution is -2.45. The van der Waals surface area contributed by atoms with Crippen LogP contribution in [0, 0.1) is 0 Å². The van der Waals surface area contributed by atoms with Crippen LogP contribution in [-0.4, -0.2) is 47.4 Å². The molecule has 0 aromatic heterocycles. The summed E-state index contributed by atoms with van der Waals surface area (Å²) in [5.41, 5.74) is 0. The van der Waals surface area contributed by atoms with E-state index >= 15 is 0 Å². The van der Waals surface area contributed by atoms with Crippen molar-refractivity contribution < 1.29 is 24.5 Å². The van der Waals surface area contributed by atoms with Crippen LogP contribution in [0.3, 0.4) is 0 Å². The maximum atomic E-state index is 12.5. The SMILES string of the molecule is CCCCC/C=C\C/C=C\CCCCCCCC(=O)OCCCCCCCCCCCCCCCCCCCCCCCCCCCCC(=O)NC(CO)C(O)/C=C/CCCCCCCCCCCCCC. The highest BCUT2D eigenvalue weighted by Crippen LogP contribution is 2.18. The van der Waals surface area contributed by atoms with E-state index in [-0.39, 0.29) is 18.5 Å². The van der Waals surface area contributed by atoms with E-state index in [0.717, 1.165) is 51.4 Å². The molecule has 0 aliphatic rings. The monoisotopic (exact) mass is 1010 g/mol. The van der Waals surface area contributed by atoms with Gasteiger partial charge in [0.15, 0.2) is 0 Å². The maximum absolute atomic E-state index is 12.5. The number of hydrogen-bond acceptors (Lipinski definition) is 5. The Morgan fingerprint density at radius 2 is 0.694 bits per heavy atom. The summed E-state index contributed by atoms with van der Waals surface area (Å²) in [6.45, 7) is 4.89. The number of amides is 1. The zero-order chi connectivity index (χ0) is 52.2. The van der Waals surface area contributed by atoms with Gasteiger partial charge >= 0.3 is 5.97 Å². The van der Waals surface area contributed by atoms with Gasteiger partial charge in [-0.25, -0.2) is 0 Å². The first-order valence-electron chi connectivity index (χ1n) is 32.3. The molecule has 0 saturated carbocycles. The Bertz CT molecular complexity index is 1170. The lowest BCUT2D eigenvalue weighted by atomic mass is 10.0. The molecule has 0 saturated heterocycles. The number of aliphatic hydroxyl groups is 2. The number of carbonyl (C=O) groups is 2. The summed E-state index contributed by atoms with van der Waals surface area (Å²) < 4.78 is 5.48. The fourth-order valence-corrected chi connectivity index (χ4v) is 9.96. The Balaban J connectivity index is 3.37. The predicted octanol–water partition coefficient (Wildman–Crippen LogP) is 20.4. The minimum absolute atomic E-state index is 0.00287. The second kappa shape index (κ2) is 61.6. The van der Waals surface area contributed by atoms with E-state index in [1.807, 2.05) is 6.08 Å². The first kappa shape index (κ1) is 70.1. The molecule has 6 heteroatoms. The van der Waals surface area contributed by atoms with Gasteiger partial charge in [-0.05, 0) is 64.2 Å². The van der Waals surface area contributed by atoms with Gasteiger partial charge in [0.2, 0.25) is 5.91 Å². The number of carbonyl (C=O) groups excluding carboxylic acids is 2. The van der Waals surface area contributed by atoms with Gasteiger partial charge in [0.05, 0.1) is 25.4 Å². The van der Waals surface area contributed by atoms with Gasteiger partial charge < -0.3 is 20.3 Å². The van der Waals surface area contributed by atoms with E-state index in [1.54, 1.807) is 6.08 Å². The van der Waals surface area contributed by atoms with Crippen LogP contribution in [0.5, 0.6) is 0 Å². The molecule has 424 valence electrons. The highest BCUT2D eigenvalue weighted by Gasteiger charge is 2.18. The standard InChI is InChI=1S/C66H125NO5/c1-3-5-7-9-11-13-15-17-31-36-40-44-48-52-56-60-66(71)72-61-57-53-49-45-41-37-33-30-28-26-24-22-20-19-21-23-25-27-29-32-35-39-43-47-51-55-59-65(70)67-63(62-68)64(69)58-54-50-46-42-38-34-18-16-14-12-10-8-6-4-2/h11,13,17,31,54,58,63-64,68-69H,3-10,12,14-16,18-30,32-53,55-57,59-62H2,1-2H3,(H,67,70)/b13-11-,31-17-,58-54+. The van der Waals surface area contributed by atoms with Crippen molar-refractivity contribution in [1.82, 2.24) is 5.32 Å². The van der Waals surface area contributed by atoms with Gasteiger partial charge in [-0.1, -0.05) is 307 Å². The summed E-state index contributed by atoms with van der Waals surface area (Å²) in [7, 11) is 0. The number of unbranched alkanes of at least 4 members (excludes halogenated alkanes) is 45. The number of hydrogen-bond donors (Lipinski definition) is 3. The van der Waals surface area contributed by atoms with Gasteiger partial charge in [0, 0.05) is 12.8 Å². The van der Waals surface area contributed by atoms with Crippen LogP contribution < -0.4 is 5.32 Å². The van der Waals surface area contributed by atoms with Gasteiger partial charge in [-0.15, -0.1) is 0 Å². The highest BCUT2D eigenvalue weighted by atomic mass is 16.5. The average Bonchev–Trinajstić information content (AvgIpc) is 3.38. The molecule has 2 atom stereocenters. The quantitative estimate of drug-likeness (QED) is 0.0320. The van der Waals surface area contributed by atoms with Gasteiger partial charge in [-0.2, -0.15) is 0 Å². The normalized spacial score (nSPS) is 12.8. The van der Waals surface area contributed by atoms with Crippen LogP contribution in [0.2, 0.25) is 0 Å². The third kappa shape index (κ3) is 57.4. The van der Waals surface area contributed by atoms with Crippen LogP contribution in [-0.2, 0) is 14.3 Å². The molecular weight excluding hydrogens is 887 g/mol. The summed E-state index contributed by atoms with van der Waals surface area (Å²) >= 11 is 0. The molecule has 0 aliphatic heterocycles. The summed E-state index contributed by atoms with van der Waals surface area (Å²) in [5, 5.41) is 23.1. The van der Waals surface area contributed by atoms with E-state index in [9.17, 15) is 19.8 Å². The van der Waals surface area contributed by atoms with Crippen LogP contribution in [0.25, 0.3) is 0 Å². The predicted molar refractivity (Wildman–Crippen MR) is 315 cm³/mol. The van der Waals surface area contributed by atoms with Crippen LogP contribution >= 0.6 is 0 Å². The topological polar surface area (TPSA) is 95.9 Å². The van der Waals surface area contributed by atoms with Crippen LogP contribution in [0.1, 0.15) is 348 Å². The van der Waals surface area contributed by atoms with E-state index in [4.69, 9.17) is 4.74 Å². The zero-order valence-corrected chi connectivity index (χ0v) is 48.4. The molecule has 0 rings (SSSR count). The lowest BCUT2D eigenvalue weighted by Gasteiger charge is -2.20. The van der Waals surface area contributed by atoms with Crippen molar-refractivity contribution in [2.45, 2.75) is 360 Å². The zero-order valence-electron chi connectivity index (χ0n) is 48.4. The number of ether oxygens (including phenoxy) is 1. The Morgan fingerprint density at radius 1 is 0.389 bits per heavy atom. The van der Waals surface area contributed by atoms with E-state index in [0.29, 0.717) is 19.4 Å². The summed E-state index contributed by atoms with van der Waals surface area (Å²) in [4.78, 5) is 24.5. The van der Waals surface area contributed by atoms with Crippen molar-refractivity contribution in [3.63, 3.8) is 0 Å². The van der Waals surface area contributed by atoms with Crippen molar-refractivity contribution in [2.24, 2.45) is 0 Å². The van der Waals surface area contributed by atoms with Gasteiger partial charge in [-0.3, -0.25) is 9.59 Å². The molecule has 1 amide bonds. The molecule has 0 spiro atoms. The molecule has 2 unspecified atom stereocenters. The Hall–Kier alpha value is -1.92. The maximum Gasteiger partial charge on any atom is 0.305 e. The molecule has 0 radical (unpaired) electrons. The van der Waals surface area contributed by atoms with Crippen molar-refractivity contribution >= 4 is 11.9 Å². The molecule has 0 aromatic rings. The molecule has 0 aliphatic carbocycles. The van der Waals surface area contributed by atoms with Crippen LogP contribution in [0.15, 0.2) is 36.5 Å². The largest absolute Gasteiger partial charge is 0.466 e. The third-order valence-corrected chi connectivity index (χ3v) is 14.9. The Kier molecular flexibility index (Phi) is 60.0. The summed E-state index contributed by atoms with van der Waals surface area (Å²) in [5.74, 6) is -0.0619. The van der Waals surface area contributed by atoms with Crippen molar-refractivity contribution in [3.05, 3.63) is 36.5 Å². The van der Waals surface area contributed by atoms with Gasteiger partial charge in [0.25, 0.3) is 0 Å². The average molecular weight is 1010 g/mol. The number of esters is 1.